The molecule has 1 aliphatic heterocycles. The van der Waals surface area contributed by atoms with Crippen molar-refractivity contribution in [3.05, 3.63) is 75.3 Å². The number of nitro groups is 1. The van der Waals surface area contributed by atoms with Crippen LogP contribution >= 0.6 is 0 Å². The molecule has 1 heterocycles. The van der Waals surface area contributed by atoms with Crippen LogP contribution in [0.15, 0.2) is 47.5 Å². The highest BCUT2D eigenvalue weighted by atomic mass is 19.1. The van der Waals surface area contributed by atoms with E-state index in [4.69, 9.17) is 4.74 Å². The minimum Gasteiger partial charge on any atom is -0.492 e. The summed E-state index contributed by atoms with van der Waals surface area (Å²) in [6.45, 7) is -0.389. The standard InChI is InChI=1S/C19H16F2N2O4/c20-13-5-6-14(16(21)9-13)17(24)10-22-19-12(7-8-23(25)26)11-27-18-4-2-1-3-15(18)19/h1-6,9,12H,7-8,10-11H2. The number of carbonyl (C=O) groups is 1. The first-order chi connectivity index (χ1) is 13.0. The van der Waals surface area contributed by atoms with Gasteiger partial charge in [0, 0.05) is 28.9 Å². The number of ether oxygens (including phenoxy) is 1. The zero-order chi connectivity index (χ0) is 19.4. The highest BCUT2D eigenvalue weighted by Crippen LogP contribution is 2.29. The summed E-state index contributed by atoms with van der Waals surface area (Å²) < 4.78 is 32.4. The predicted molar refractivity (Wildman–Crippen MR) is 94.0 cm³/mol. The third kappa shape index (κ3) is 4.33. The number of benzene rings is 2. The first-order valence-corrected chi connectivity index (χ1v) is 8.32. The van der Waals surface area contributed by atoms with Crippen molar-refractivity contribution in [3.8, 4) is 5.75 Å². The molecule has 0 radical (unpaired) electrons. The second-order valence-electron chi connectivity index (χ2n) is 6.10. The lowest BCUT2D eigenvalue weighted by atomic mass is 9.91. The lowest BCUT2D eigenvalue weighted by molar-refractivity contribution is -0.481. The van der Waals surface area contributed by atoms with Crippen molar-refractivity contribution < 1.29 is 23.2 Å². The first-order valence-electron chi connectivity index (χ1n) is 8.32. The summed E-state index contributed by atoms with van der Waals surface area (Å²) in [5.74, 6) is -2.09. The molecule has 1 unspecified atom stereocenters. The fourth-order valence-corrected chi connectivity index (χ4v) is 2.95. The van der Waals surface area contributed by atoms with Crippen LogP contribution in [0.2, 0.25) is 0 Å². The third-order valence-corrected chi connectivity index (χ3v) is 4.27. The number of fused-ring (bicyclic) bond motifs is 1. The molecule has 2 aromatic carbocycles. The number of rotatable bonds is 6. The number of aliphatic imine (C=N–C) groups is 1. The van der Waals surface area contributed by atoms with Crippen LogP contribution in [0.25, 0.3) is 0 Å². The van der Waals surface area contributed by atoms with E-state index in [9.17, 15) is 23.7 Å². The van der Waals surface area contributed by atoms with E-state index < -0.39 is 22.3 Å². The van der Waals surface area contributed by atoms with Gasteiger partial charge in [0.25, 0.3) is 0 Å². The molecule has 2 aromatic rings. The monoisotopic (exact) mass is 374 g/mol. The molecule has 3 rings (SSSR count). The topological polar surface area (TPSA) is 81.8 Å². The highest BCUT2D eigenvalue weighted by Gasteiger charge is 2.28. The average molecular weight is 374 g/mol. The number of hydrogen-bond acceptors (Lipinski definition) is 5. The van der Waals surface area contributed by atoms with E-state index in [0.29, 0.717) is 23.1 Å². The van der Waals surface area contributed by atoms with Crippen LogP contribution in [0.1, 0.15) is 22.3 Å². The Balaban J connectivity index is 1.87. The average Bonchev–Trinajstić information content (AvgIpc) is 2.64. The van der Waals surface area contributed by atoms with E-state index in [1.54, 1.807) is 24.3 Å². The molecule has 0 saturated carbocycles. The minimum absolute atomic E-state index is 0.208. The van der Waals surface area contributed by atoms with Gasteiger partial charge in [-0.1, -0.05) is 12.1 Å². The fraction of sp³-hybridized carbons (Fsp3) is 0.263. The van der Waals surface area contributed by atoms with Gasteiger partial charge in [0.15, 0.2) is 5.78 Å². The Kier molecular flexibility index (Phi) is 5.54. The molecule has 0 amide bonds. The van der Waals surface area contributed by atoms with Gasteiger partial charge in [-0.2, -0.15) is 0 Å². The van der Waals surface area contributed by atoms with Crippen molar-refractivity contribution in [2.24, 2.45) is 10.9 Å². The molecule has 6 nitrogen and oxygen atoms in total. The summed E-state index contributed by atoms with van der Waals surface area (Å²) in [6.07, 6.45) is 0.208. The molecule has 140 valence electrons. The molecule has 0 bridgehead atoms. The quantitative estimate of drug-likeness (QED) is 0.441. The number of ketones is 1. The molecule has 0 spiro atoms. The van der Waals surface area contributed by atoms with Gasteiger partial charge in [0.2, 0.25) is 6.54 Å². The second-order valence-corrected chi connectivity index (χ2v) is 6.10. The van der Waals surface area contributed by atoms with E-state index >= 15 is 0 Å². The Morgan fingerprint density at radius 3 is 2.78 bits per heavy atom. The fourth-order valence-electron chi connectivity index (χ4n) is 2.95. The summed E-state index contributed by atoms with van der Waals surface area (Å²) >= 11 is 0. The van der Waals surface area contributed by atoms with Crippen LogP contribution in [0.3, 0.4) is 0 Å². The highest BCUT2D eigenvalue weighted by molar-refractivity contribution is 6.07. The summed E-state index contributed by atoms with van der Waals surface area (Å²) in [5, 5.41) is 10.7. The van der Waals surface area contributed by atoms with Gasteiger partial charge in [0.05, 0.1) is 17.9 Å². The van der Waals surface area contributed by atoms with Crippen molar-refractivity contribution in [2.75, 3.05) is 19.7 Å². The maximum Gasteiger partial charge on any atom is 0.204 e. The van der Waals surface area contributed by atoms with E-state index in [0.717, 1.165) is 12.1 Å². The van der Waals surface area contributed by atoms with Gasteiger partial charge < -0.3 is 4.74 Å². The van der Waals surface area contributed by atoms with Crippen molar-refractivity contribution in [1.29, 1.82) is 0 Å². The molecule has 1 aliphatic rings. The summed E-state index contributed by atoms with van der Waals surface area (Å²) in [5.41, 5.74) is 0.932. The Labute approximate surface area is 153 Å². The van der Waals surface area contributed by atoms with Crippen LogP contribution in [0, 0.1) is 27.7 Å². The van der Waals surface area contributed by atoms with Crippen LogP contribution in [-0.2, 0) is 0 Å². The lowest BCUT2D eigenvalue weighted by Gasteiger charge is -2.26. The summed E-state index contributed by atoms with van der Waals surface area (Å²) in [6, 6.07) is 9.79. The van der Waals surface area contributed by atoms with E-state index in [-0.39, 0.29) is 37.6 Å². The molecule has 27 heavy (non-hydrogen) atoms. The molecule has 8 heteroatoms. The lowest BCUT2D eigenvalue weighted by Crippen LogP contribution is -2.31. The largest absolute Gasteiger partial charge is 0.492 e. The number of Topliss-reactive ketones (excluding diaryl/α,β-unsaturated/α-hetero) is 1. The Bertz CT molecular complexity index is 914. The smallest absolute Gasteiger partial charge is 0.204 e. The number of carbonyl (C=O) groups excluding carboxylic acids is 1. The van der Waals surface area contributed by atoms with E-state index in [1.807, 2.05) is 0 Å². The summed E-state index contributed by atoms with van der Waals surface area (Å²) in [7, 11) is 0. The van der Waals surface area contributed by atoms with Gasteiger partial charge in [-0.05, 0) is 24.3 Å². The molecule has 0 fully saturated rings. The van der Waals surface area contributed by atoms with Crippen molar-refractivity contribution >= 4 is 11.5 Å². The Morgan fingerprint density at radius 1 is 1.26 bits per heavy atom. The Morgan fingerprint density at radius 2 is 2.04 bits per heavy atom. The van der Waals surface area contributed by atoms with Gasteiger partial charge >= 0.3 is 0 Å². The number of para-hydroxylation sites is 1. The van der Waals surface area contributed by atoms with Crippen LogP contribution in [0.4, 0.5) is 8.78 Å². The van der Waals surface area contributed by atoms with Crippen molar-refractivity contribution in [3.63, 3.8) is 0 Å². The normalized spacial score (nSPS) is 17.3. The van der Waals surface area contributed by atoms with Crippen LogP contribution < -0.4 is 4.74 Å². The minimum atomic E-state index is -0.947. The van der Waals surface area contributed by atoms with Crippen LogP contribution in [-0.4, -0.2) is 36.1 Å². The molecule has 0 N–H and O–H groups in total. The predicted octanol–water partition coefficient (Wildman–Crippen LogP) is 3.31. The molecular formula is C19H16F2N2O4. The van der Waals surface area contributed by atoms with Crippen molar-refractivity contribution in [1.82, 2.24) is 0 Å². The molecular weight excluding hydrogens is 358 g/mol. The SMILES string of the molecule is O=C(CN=C1c2ccccc2OCC1CC[N+](=O)[O-])c1ccc(F)cc1F. The maximum atomic E-state index is 13.8. The zero-order valence-corrected chi connectivity index (χ0v) is 14.2. The Hall–Kier alpha value is -3.16. The first kappa shape index (κ1) is 18.6. The number of nitrogens with zero attached hydrogens (tertiary/aromatic N) is 2. The van der Waals surface area contributed by atoms with Gasteiger partial charge in [-0.15, -0.1) is 0 Å². The number of hydrogen-bond donors (Lipinski definition) is 0. The second kappa shape index (κ2) is 8.03. The van der Waals surface area contributed by atoms with Gasteiger partial charge in [-0.25, -0.2) is 8.78 Å². The van der Waals surface area contributed by atoms with E-state index in [1.165, 1.54) is 0 Å². The van der Waals surface area contributed by atoms with Crippen molar-refractivity contribution in [2.45, 2.75) is 6.42 Å². The maximum absolute atomic E-state index is 13.8. The van der Waals surface area contributed by atoms with Crippen LogP contribution in [0.5, 0.6) is 5.75 Å². The summed E-state index contributed by atoms with van der Waals surface area (Å²) in [4.78, 5) is 26.9. The molecule has 0 saturated heterocycles. The molecule has 0 aliphatic carbocycles. The van der Waals surface area contributed by atoms with Gasteiger partial charge in [0.1, 0.15) is 23.9 Å². The number of halogens is 2. The van der Waals surface area contributed by atoms with E-state index in [2.05, 4.69) is 4.99 Å². The zero-order valence-electron chi connectivity index (χ0n) is 14.2. The third-order valence-electron chi connectivity index (χ3n) is 4.27. The molecule has 1 atom stereocenters. The molecule has 0 aromatic heterocycles. The van der Waals surface area contributed by atoms with Gasteiger partial charge in [-0.3, -0.25) is 19.9 Å².